The largest absolute Gasteiger partial charge is 0.383 e. The molecule has 4 rings (SSSR count). The van der Waals surface area contributed by atoms with E-state index in [1.54, 1.807) is 0 Å². The number of anilines is 2. The standard InChI is InChI=1S/C22H17N5/c23-13-18-20(19(14-24)22(26-21(18)25)27-10-5-11-27)17-9-4-8-16(12-17)15-6-2-1-3-7-15/h1-4,6-9,12H,5,10-11H2,(H2,25,26). The minimum atomic E-state index is 0.165. The number of rotatable bonds is 3. The molecule has 130 valence electrons. The lowest BCUT2D eigenvalue weighted by molar-refractivity contribution is 0.609. The molecule has 27 heavy (non-hydrogen) atoms. The lowest BCUT2D eigenvalue weighted by Crippen LogP contribution is -2.38. The Kier molecular flexibility index (Phi) is 4.20. The van der Waals surface area contributed by atoms with Gasteiger partial charge in [-0.25, -0.2) is 4.98 Å². The van der Waals surface area contributed by atoms with Crippen molar-refractivity contribution in [3.05, 3.63) is 65.7 Å². The third kappa shape index (κ3) is 2.86. The second-order valence-electron chi connectivity index (χ2n) is 6.46. The monoisotopic (exact) mass is 351 g/mol. The van der Waals surface area contributed by atoms with Gasteiger partial charge in [-0.1, -0.05) is 48.5 Å². The number of nitrogens with two attached hydrogens (primary N) is 1. The molecular formula is C22H17N5. The van der Waals surface area contributed by atoms with Crippen LogP contribution in [0.25, 0.3) is 22.3 Å². The summed E-state index contributed by atoms with van der Waals surface area (Å²) >= 11 is 0. The third-order valence-corrected chi connectivity index (χ3v) is 4.84. The van der Waals surface area contributed by atoms with Crippen LogP contribution in [0.1, 0.15) is 17.5 Å². The zero-order valence-corrected chi connectivity index (χ0v) is 14.7. The van der Waals surface area contributed by atoms with Gasteiger partial charge in [0, 0.05) is 18.7 Å². The van der Waals surface area contributed by atoms with Crippen LogP contribution in [0.3, 0.4) is 0 Å². The van der Waals surface area contributed by atoms with Crippen LogP contribution in [0.4, 0.5) is 11.6 Å². The van der Waals surface area contributed by atoms with Gasteiger partial charge in [0.2, 0.25) is 0 Å². The Hall–Kier alpha value is -3.83. The predicted octanol–water partition coefficient (Wildman–Crippen LogP) is 3.95. The summed E-state index contributed by atoms with van der Waals surface area (Å²) in [6, 6.07) is 22.2. The number of hydrogen-bond donors (Lipinski definition) is 1. The molecule has 0 spiro atoms. The van der Waals surface area contributed by atoms with Crippen molar-refractivity contribution in [2.45, 2.75) is 6.42 Å². The van der Waals surface area contributed by atoms with Gasteiger partial charge in [-0.15, -0.1) is 0 Å². The first kappa shape index (κ1) is 16.6. The molecule has 3 aromatic rings. The molecule has 2 N–H and O–H groups in total. The molecule has 0 atom stereocenters. The number of hydrogen-bond acceptors (Lipinski definition) is 5. The topological polar surface area (TPSA) is 89.7 Å². The highest BCUT2D eigenvalue weighted by molar-refractivity contribution is 5.87. The highest BCUT2D eigenvalue weighted by Gasteiger charge is 2.26. The zero-order valence-electron chi connectivity index (χ0n) is 14.7. The van der Waals surface area contributed by atoms with Crippen LogP contribution in [0.15, 0.2) is 54.6 Å². The summed E-state index contributed by atoms with van der Waals surface area (Å²) in [6.07, 6.45) is 1.06. The van der Waals surface area contributed by atoms with Crippen molar-refractivity contribution in [3.63, 3.8) is 0 Å². The molecule has 1 aliphatic heterocycles. The molecule has 0 aliphatic carbocycles. The number of benzene rings is 2. The van der Waals surface area contributed by atoms with Gasteiger partial charge >= 0.3 is 0 Å². The highest BCUT2D eigenvalue weighted by atomic mass is 15.2. The first-order valence-corrected chi connectivity index (χ1v) is 8.77. The summed E-state index contributed by atoms with van der Waals surface area (Å²) < 4.78 is 0. The number of nitriles is 2. The molecule has 5 heteroatoms. The van der Waals surface area contributed by atoms with E-state index in [0.717, 1.165) is 36.2 Å². The van der Waals surface area contributed by atoms with Crippen molar-refractivity contribution < 1.29 is 0 Å². The number of nitrogen functional groups attached to an aromatic ring is 1. The van der Waals surface area contributed by atoms with Crippen molar-refractivity contribution in [2.75, 3.05) is 23.7 Å². The van der Waals surface area contributed by atoms with Gasteiger partial charge in [-0.05, 0) is 29.2 Å². The molecule has 5 nitrogen and oxygen atoms in total. The lowest BCUT2D eigenvalue weighted by Gasteiger charge is -2.33. The minimum Gasteiger partial charge on any atom is -0.383 e. The minimum absolute atomic E-state index is 0.165. The second-order valence-corrected chi connectivity index (χ2v) is 6.46. The molecule has 1 fully saturated rings. The van der Waals surface area contributed by atoms with Gasteiger partial charge in [0.05, 0.1) is 0 Å². The summed E-state index contributed by atoms with van der Waals surface area (Å²) in [5.41, 5.74) is 10.2. The predicted molar refractivity (Wildman–Crippen MR) is 106 cm³/mol. The number of nitrogens with zero attached hydrogens (tertiary/aromatic N) is 4. The van der Waals surface area contributed by atoms with E-state index < -0.39 is 0 Å². The summed E-state index contributed by atoms with van der Waals surface area (Å²) in [5.74, 6) is 0.735. The number of pyridine rings is 1. The average molecular weight is 351 g/mol. The Labute approximate surface area is 157 Å². The van der Waals surface area contributed by atoms with E-state index >= 15 is 0 Å². The zero-order chi connectivity index (χ0) is 18.8. The van der Waals surface area contributed by atoms with E-state index in [0.29, 0.717) is 16.9 Å². The van der Waals surface area contributed by atoms with Crippen molar-refractivity contribution in [1.82, 2.24) is 4.98 Å². The van der Waals surface area contributed by atoms with Crippen LogP contribution >= 0.6 is 0 Å². The van der Waals surface area contributed by atoms with Gasteiger partial charge in [0.15, 0.2) is 0 Å². The smallest absolute Gasteiger partial charge is 0.149 e. The fourth-order valence-corrected chi connectivity index (χ4v) is 3.34. The molecule has 2 heterocycles. The maximum atomic E-state index is 9.86. The molecule has 0 amide bonds. The van der Waals surface area contributed by atoms with E-state index in [4.69, 9.17) is 5.73 Å². The molecule has 0 unspecified atom stereocenters. The van der Waals surface area contributed by atoms with Gasteiger partial charge in [0.1, 0.15) is 34.9 Å². The first-order valence-electron chi connectivity index (χ1n) is 8.77. The summed E-state index contributed by atoms with van der Waals surface area (Å²) in [4.78, 5) is 6.39. The van der Waals surface area contributed by atoms with Gasteiger partial charge in [-0.2, -0.15) is 10.5 Å². The summed E-state index contributed by atoms with van der Waals surface area (Å²) in [5, 5.41) is 19.5. The Balaban J connectivity index is 1.95. The molecule has 0 bridgehead atoms. The van der Waals surface area contributed by atoms with Crippen LogP contribution in [0.5, 0.6) is 0 Å². The van der Waals surface area contributed by atoms with Gasteiger partial charge in [0.25, 0.3) is 0 Å². The number of aromatic nitrogens is 1. The van der Waals surface area contributed by atoms with E-state index in [-0.39, 0.29) is 11.4 Å². The fourth-order valence-electron chi connectivity index (χ4n) is 3.34. The normalized spacial score (nSPS) is 12.7. The maximum Gasteiger partial charge on any atom is 0.149 e. The molecule has 1 aromatic heterocycles. The quantitative estimate of drug-likeness (QED) is 0.771. The molecule has 0 saturated carbocycles. The van der Waals surface area contributed by atoms with Crippen LogP contribution in [-0.4, -0.2) is 18.1 Å². The van der Waals surface area contributed by atoms with E-state index in [1.165, 1.54) is 0 Å². The van der Waals surface area contributed by atoms with Crippen molar-refractivity contribution in [2.24, 2.45) is 0 Å². The molecule has 2 aromatic carbocycles. The van der Waals surface area contributed by atoms with Gasteiger partial charge < -0.3 is 10.6 Å². The Morgan fingerprint density at radius 2 is 1.52 bits per heavy atom. The van der Waals surface area contributed by atoms with Gasteiger partial charge in [-0.3, -0.25) is 0 Å². The Morgan fingerprint density at radius 3 is 2.15 bits per heavy atom. The van der Waals surface area contributed by atoms with Crippen LogP contribution < -0.4 is 10.6 Å². The van der Waals surface area contributed by atoms with Crippen LogP contribution in [0.2, 0.25) is 0 Å². The summed E-state index contributed by atoms with van der Waals surface area (Å²) in [7, 11) is 0. The second kappa shape index (κ2) is 6.82. The lowest BCUT2D eigenvalue weighted by atomic mass is 9.93. The van der Waals surface area contributed by atoms with E-state index in [1.807, 2.05) is 59.5 Å². The van der Waals surface area contributed by atoms with E-state index in [2.05, 4.69) is 17.1 Å². The molecule has 0 radical (unpaired) electrons. The van der Waals surface area contributed by atoms with Crippen LogP contribution in [-0.2, 0) is 0 Å². The average Bonchev–Trinajstić information content (AvgIpc) is 2.67. The molecular weight excluding hydrogens is 334 g/mol. The summed E-state index contributed by atoms with van der Waals surface area (Å²) in [6.45, 7) is 1.69. The fraction of sp³-hybridized carbons (Fsp3) is 0.136. The third-order valence-electron chi connectivity index (χ3n) is 4.84. The Morgan fingerprint density at radius 1 is 0.852 bits per heavy atom. The van der Waals surface area contributed by atoms with Crippen molar-refractivity contribution >= 4 is 11.6 Å². The SMILES string of the molecule is N#Cc1c(N)nc(N2CCC2)c(C#N)c1-c1cccc(-c2ccccc2)c1. The highest BCUT2D eigenvalue weighted by Crippen LogP contribution is 2.37. The molecule has 1 aliphatic rings. The maximum absolute atomic E-state index is 9.86. The van der Waals surface area contributed by atoms with Crippen molar-refractivity contribution in [1.29, 1.82) is 10.5 Å². The van der Waals surface area contributed by atoms with E-state index in [9.17, 15) is 10.5 Å². The Bertz CT molecular complexity index is 1090. The van der Waals surface area contributed by atoms with Crippen molar-refractivity contribution in [3.8, 4) is 34.4 Å². The van der Waals surface area contributed by atoms with Crippen LogP contribution in [0, 0.1) is 22.7 Å². The first-order chi connectivity index (χ1) is 13.2. The molecule has 1 saturated heterocycles.